The van der Waals surface area contributed by atoms with Crippen LogP contribution in [0.3, 0.4) is 0 Å². The van der Waals surface area contributed by atoms with Crippen LogP contribution in [0.1, 0.15) is 15.9 Å². The number of rotatable bonds is 7. The van der Waals surface area contributed by atoms with Crippen LogP contribution in [-0.4, -0.2) is 29.5 Å². The highest BCUT2D eigenvalue weighted by Crippen LogP contribution is 2.25. The average molecular weight is 468 g/mol. The number of aromatic nitrogens is 3. The van der Waals surface area contributed by atoms with Crippen LogP contribution in [0.25, 0.3) is 11.4 Å². The summed E-state index contributed by atoms with van der Waals surface area (Å²) in [7, 11) is -3.81. The van der Waals surface area contributed by atoms with Gasteiger partial charge in [-0.3, -0.25) is 15.2 Å². The molecule has 10 heteroatoms. The number of nitrogens with one attached hydrogen (secondary N) is 3. The van der Waals surface area contributed by atoms with E-state index in [0.29, 0.717) is 16.4 Å². The van der Waals surface area contributed by atoms with E-state index in [4.69, 9.17) is 11.6 Å². The van der Waals surface area contributed by atoms with E-state index >= 15 is 0 Å². The first-order valence-electron chi connectivity index (χ1n) is 9.55. The summed E-state index contributed by atoms with van der Waals surface area (Å²) in [6, 6.07) is 22.0. The number of aromatic amines is 1. The molecule has 162 valence electrons. The fraction of sp³-hybridized carbons (Fsp3) is 0.0455. The highest BCUT2D eigenvalue weighted by atomic mass is 35.5. The second kappa shape index (κ2) is 9.31. The Bertz CT molecular complexity index is 1360. The summed E-state index contributed by atoms with van der Waals surface area (Å²) in [6.45, 7) is 0.140. The standard InChI is InChI=1S/C22H18ClN5O3S/c23-19-12-5-4-11-18(19)20-25-22(28-27-20)26-21(29)16-9-6-10-17(13-16)32(30,31)24-14-15-7-2-1-3-8-15/h1-13,24H,14H2,(H2,25,26,27,28,29). The van der Waals surface area contributed by atoms with Gasteiger partial charge in [-0.1, -0.05) is 60.1 Å². The summed E-state index contributed by atoms with van der Waals surface area (Å²) in [5.74, 6) is -0.109. The Balaban J connectivity index is 1.47. The van der Waals surface area contributed by atoms with Gasteiger partial charge >= 0.3 is 0 Å². The van der Waals surface area contributed by atoms with Gasteiger partial charge in [-0.25, -0.2) is 13.1 Å². The van der Waals surface area contributed by atoms with Gasteiger partial charge in [0.1, 0.15) is 0 Å². The van der Waals surface area contributed by atoms with Gasteiger partial charge in [0, 0.05) is 17.7 Å². The molecule has 0 aliphatic carbocycles. The number of H-pyrrole nitrogens is 1. The number of nitrogens with zero attached hydrogens (tertiary/aromatic N) is 2. The number of sulfonamides is 1. The van der Waals surface area contributed by atoms with Crippen LogP contribution < -0.4 is 10.0 Å². The first-order chi connectivity index (χ1) is 15.4. The quantitative estimate of drug-likeness (QED) is 0.381. The second-order valence-corrected chi connectivity index (χ2v) is 8.95. The van der Waals surface area contributed by atoms with E-state index < -0.39 is 15.9 Å². The van der Waals surface area contributed by atoms with E-state index in [1.54, 1.807) is 24.3 Å². The number of carbonyl (C=O) groups excluding carboxylic acids is 1. The maximum Gasteiger partial charge on any atom is 0.258 e. The van der Waals surface area contributed by atoms with Gasteiger partial charge in [0.25, 0.3) is 5.91 Å². The number of hydrogen-bond acceptors (Lipinski definition) is 5. The highest BCUT2D eigenvalue weighted by Gasteiger charge is 2.17. The number of amides is 1. The third-order valence-corrected chi connectivity index (χ3v) is 6.28. The molecule has 1 aromatic heterocycles. The van der Waals surface area contributed by atoms with Gasteiger partial charge in [0.15, 0.2) is 5.82 Å². The largest absolute Gasteiger partial charge is 0.289 e. The van der Waals surface area contributed by atoms with E-state index in [0.717, 1.165) is 5.56 Å². The van der Waals surface area contributed by atoms with Crippen LogP contribution in [-0.2, 0) is 16.6 Å². The molecule has 0 spiro atoms. The molecule has 0 aliphatic rings. The number of anilines is 1. The van der Waals surface area contributed by atoms with Crippen molar-refractivity contribution in [2.24, 2.45) is 0 Å². The van der Waals surface area contributed by atoms with Crippen LogP contribution in [0.5, 0.6) is 0 Å². The summed E-state index contributed by atoms with van der Waals surface area (Å²) in [4.78, 5) is 16.8. The molecule has 8 nitrogen and oxygen atoms in total. The van der Waals surface area contributed by atoms with Crippen molar-refractivity contribution in [1.82, 2.24) is 19.9 Å². The first kappa shape index (κ1) is 21.7. The third kappa shape index (κ3) is 5.02. The lowest BCUT2D eigenvalue weighted by atomic mass is 10.2. The van der Waals surface area contributed by atoms with Crippen molar-refractivity contribution in [3.63, 3.8) is 0 Å². The van der Waals surface area contributed by atoms with Gasteiger partial charge in [0.2, 0.25) is 16.0 Å². The van der Waals surface area contributed by atoms with Crippen molar-refractivity contribution in [1.29, 1.82) is 0 Å². The molecule has 3 N–H and O–H groups in total. The zero-order valence-corrected chi connectivity index (χ0v) is 18.2. The van der Waals surface area contributed by atoms with Crippen LogP contribution in [0.15, 0.2) is 83.8 Å². The van der Waals surface area contributed by atoms with Crippen LogP contribution in [0.2, 0.25) is 5.02 Å². The van der Waals surface area contributed by atoms with Gasteiger partial charge in [-0.2, -0.15) is 4.98 Å². The normalized spacial score (nSPS) is 11.3. The monoisotopic (exact) mass is 467 g/mol. The molecule has 0 saturated carbocycles. The Hall–Kier alpha value is -3.53. The molecular weight excluding hydrogens is 450 g/mol. The van der Waals surface area contributed by atoms with E-state index in [2.05, 4.69) is 25.2 Å². The molecule has 0 saturated heterocycles. The van der Waals surface area contributed by atoms with Crippen molar-refractivity contribution in [2.45, 2.75) is 11.4 Å². The summed E-state index contributed by atoms with van der Waals surface area (Å²) < 4.78 is 27.8. The average Bonchev–Trinajstić information content (AvgIpc) is 3.27. The van der Waals surface area contributed by atoms with Crippen molar-refractivity contribution in [3.05, 3.63) is 95.0 Å². The molecule has 4 aromatic rings. The Morgan fingerprint density at radius 2 is 1.72 bits per heavy atom. The maximum atomic E-state index is 12.6. The van der Waals surface area contributed by atoms with Gasteiger partial charge in [-0.15, -0.1) is 5.10 Å². The number of benzene rings is 3. The molecule has 0 unspecified atom stereocenters. The number of carbonyl (C=O) groups is 1. The van der Waals surface area contributed by atoms with Crippen molar-refractivity contribution in [2.75, 3.05) is 5.32 Å². The SMILES string of the molecule is O=C(Nc1n[nH]c(-c2ccccc2Cl)n1)c1cccc(S(=O)(=O)NCc2ccccc2)c1. The van der Waals surface area contributed by atoms with Gasteiger partial charge in [0.05, 0.1) is 9.92 Å². The fourth-order valence-corrected chi connectivity index (χ4v) is 4.22. The second-order valence-electron chi connectivity index (χ2n) is 6.78. The molecule has 0 fully saturated rings. The van der Waals surface area contributed by atoms with E-state index in [-0.39, 0.29) is 23.0 Å². The van der Waals surface area contributed by atoms with E-state index in [1.807, 2.05) is 30.3 Å². The Kier molecular flexibility index (Phi) is 6.31. The lowest BCUT2D eigenvalue weighted by Gasteiger charge is -2.08. The summed E-state index contributed by atoms with van der Waals surface area (Å²) in [5, 5.41) is 9.74. The predicted molar refractivity (Wildman–Crippen MR) is 122 cm³/mol. The Morgan fingerprint density at radius 1 is 0.969 bits per heavy atom. The van der Waals surface area contributed by atoms with Gasteiger partial charge in [-0.05, 0) is 35.9 Å². The molecule has 0 atom stereocenters. The van der Waals surface area contributed by atoms with Crippen LogP contribution in [0, 0.1) is 0 Å². The zero-order chi connectivity index (χ0) is 22.6. The Labute approximate surface area is 189 Å². The molecule has 4 rings (SSSR count). The minimum atomic E-state index is -3.81. The number of hydrogen-bond donors (Lipinski definition) is 3. The Morgan fingerprint density at radius 3 is 2.50 bits per heavy atom. The fourth-order valence-electron chi connectivity index (χ4n) is 2.93. The molecular formula is C22H18ClN5O3S. The van der Waals surface area contributed by atoms with Crippen molar-refractivity contribution >= 4 is 33.5 Å². The molecule has 0 radical (unpaired) electrons. The maximum absolute atomic E-state index is 12.6. The van der Waals surface area contributed by atoms with Crippen molar-refractivity contribution in [3.8, 4) is 11.4 Å². The molecule has 1 amide bonds. The molecule has 1 heterocycles. The molecule has 3 aromatic carbocycles. The molecule has 0 aliphatic heterocycles. The first-order valence-corrected chi connectivity index (χ1v) is 11.4. The third-order valence-electron chi connectivity index (χ3n) is 4.56. The highest BCUT2D eigenvalue weighted by molar-refractivity contribution is 7.89. The topological polar surface area (TPSA) is 117 Å². The van der Waals surface area contributed by atoms with Crippen LogP contribution in [0.4, 0.5) is 5.95 Å². The minimum absolute atomic E-state index is 0.0205. The molecule has 0 bridgehead atoms. The zero-order valence-electron chi connectivity index (χ0n) is 16.6. The summed E-state index contributed by atoms with van der Waals surface area (Å²) >= 11 is 6.16. The lowest BCUT2D eigenvalue weighted by molar-refractivity contribution is 0.102. The van der Waals surface area contributed by atoms with E-state index in [1.165, 1.54) is 24.3 Å². The van der Waals surface area contributed by atoms with Crippen LogP contribution >= 0.6 is 11.6 Å². The summed E-state index contributed by atoms with van der Waals surface area (Å²) in [6.07, 6.45) is 0. The lowest BCUT2D eigenvalue weighted by Crippen LogP contribution is -2.23. The molecule has 32 heavy (non-hydrogen) atoms. The smallest absolute Gasteiger partial charge is 0.258 e. The predicted octanol–water partition coefficient (Wildman–Crippen LogP) is 3.86. The number of halogens is 1. The summed E-state index contributed by atoms with van der Waals surface area (Å²) in [5.41, 5.74) is 1.61. The minimum Gasteiger partial charge on any atom is -0.289 e. The van der Waals surface area contributed by atoms with E-state index in [9.17, 15) is 13.2 Å². The van der Waals surface area contributed by atoms with Crippen molar-refractivity contribution < 1.29 is 13.2 Å². The van der Waals surface area contributed by atoms with Gasteiger partial charge < -0.3 is 0 Å².